The van der Waals surface area contributed by atoms with Gasteiger partial charge >= 0.3 is 0 Å². The van der Waals surface area contributed by atoms with Crippen LogP contribution in [0.3, 0.4) is 0 Å². The Labute approximate surface area is 80.0 Å². The summed E-state index contributed by atoms with van der Waals surface area (Å²) >= 11 is 0. The molecule has 0 aromatic rings. The first-order valence-corrected chi connectivity index (χ1v) is 4.88. The van der Waals surface area contributed by atoms with Crippen LogP contribution in [0, 0.1) is 0 Å². The molecule has 0 unspecified atom stereocenters. The third kappa shape index (κ3) is 3.05. The first-order chi connectivity index (χ1) is 6.38. The molecule has 0 aromatic heterocycles. The van der Waals surface area contributed by atoms with E-state index in [9.17, 15) is 0 Å². The van der Waals surface area contributed by atoms with E-state index in [0.29, 0.717) is 0 Å². The average molecular weight is 179 g/mol. The number of rotatable bonds is 3. The van der Waals surface area contributed by atoms with Gasteiger partial charge < -0.3 is 4.74 Å². The van der Waals surface area contributed by atoms with Crippen molar-refractivity contribution in [2.24, 2.45) is 4.99 Å². The highest BCUT2D eigenvalue weighted by Gasteiger charge is 2.12. The topological polar surface area (TPSA) is 21.6 Å². The monoisotopic (exact) mass is 179 g/mol. The molecule has 0 atom stereocenters. The van der Waals surface area contributed by atoms with E-state index in [-0.39, 0.29) is 0 Å². The number of unbranched alkanes of at least 4 members (excludes halogenated alkanes) is 1. The fourth-order valence-electron chi connectivity index (χ4n) is 1.23. The molecule has 0 aromatic carbocycles. The molecule has 2 heteroatoms. The molecule has 0 amide bonds. The fraction of sp³-hybridized carbons (Fsp3) is 0.545. The lowest BCUT2D eigenvalue weighted by molar-refractivity contribution is 0.265. The molecule has 1 aliphatic heterocycles. The number of hydrogen-bond donors (Lipinski definition) is 0. The van der Waals surface area contributed by atoms with E-state index in [1.807, 2.05) is 25.4 Å². The Balaban J connectivity index is 2.50. The molecule has 0 spiro atoms. The van der Waals surface area contributed by atoms with Gasteiger partial charge in [-0.3, -0.25) is 4.99 Å². The predicted molar refractivity (Wildman–Crippen MR) is 55.8 cm³/mol. The van der Waals surface area contributed by atoms with Gasteiger partial charge in [-0.25, -0.2) is 0 Å². The molecular weight excluding hydrogens is 162 g/mol. The maximum Gasteiger partial charge on any atom is 0.119 e. The molecular formula is C11H17NO. The van der Waals surface area contributed by atoms with Gasteiger partial charge in [-0.2, -0.15) is 0 Å². The second-order valence-electron chi connectivity index (χ2n) is 3.03. The molecule has 0 aliphatic carbocycles. The Morgan fingerprint density at radius 1 is 1.54 bits per heavy atom. The summed E-state index contributed by atoms with van der Waals surface area (Å²) in [5.41, 5.74) is 1.22. The molecule has 13 heavy (non-hydrogen) atoms. The van der Waals surface area contributed by atoms with E-state index in [1.165, 1.54) is 5.57 Å². The third-order valence-electron chi connectivity index (χ3n) is 1.96. The largest absolute Gasteiger partial charge is 0.493 e. The Morgan fingerprint density at radius 2 is 2.38 bits per heavy atom. The molecule has 72 valence electrons. The molecule has 2 nitrogen and oxygen atoms in total. The number of aliphatic imine (C=N–C) groups is 1. The maximum absolute atomic E-state index is 5.39. The molecule has 0 radical (unpaired) electrons. The molecule has 1 heterocycles. The quantitative estimate of drug-likeness (QED) is 0.610. The van der Waals surface area contributed by atoms with Gasteiger partial charge in [0, 0.05) is 24.4 Å². The second-order valence-corrected chi connectivity index (χ2v) is 3.03. The zero-order valence-electron chi connectivity index (χ0n) is 8.42. The van der Waals surface area contributed by atoms with Crippen molar-refractivity contribution in [3.05, 3.63) is 23.6 Å². The second kappa shape index (κ2) is 5.57. The molecule has 0 N–H and O–H groups in total. The molecule has 0 bridgehead atoms. The van der Waals surface area contributed by atoms with Crippen LogP contribution in [-0.2, 0) is 4.74 Å². The van der Waals surface area contributed by atoms with Gasteiger partial charge in [0.05, 0.1) is 6.61 Å². The van der Waals surface area contributed by atoms with Crippen molar-refractivity contribution in [1.29, 1.82) is 0 Å². The fourth-order valence-corrected chi connectivity index (χ4v) is 1.23. The molecule has 1 fully saturated rings. The van der Waals surface area contributed by atoms with Gasteiger partial charge in [-0.1, -0.05) is 13.3 Å². The van der Waals surface area contributed by atoms with Crippen molar-refractivity contribution in [3.63, 3.8) is 0 Å². The van der Waals surface area contributed by atoms with Crippen LogP contribution in [0.4, 0.5) is 0 Å². The maximum atomic E-state index is 5.39. The summed E-state index contributed by atoms with van der Waals surface area (Å²) in [6.45, 7) is 4.94. The Hall–Kier alpha value is -1.05. The molecule has 1 saturated heterocycles. The van der Waals surface area contributed by atoms with Gasteiger partial charge in [-0.05, 0) is 19.4 Å². The average Bonchev–Trinajstić information content (AvgIpc) is 2.60. The van der Waals surface area contributed by atoms with Crippen LogP contribution < -0.4 is 0 Å². The van der Waals surface area contributed by atoms with Gasteiger partial charge in [0.2, 0.25) is 0 Å². The molecule has 0 saturated carbocycles. The summed E-state index contributed by atoms with van der Waals surface area (Å²) in [7, 11) is 0. The van der Waals surface area contributed by atoms with Crippen LogP contribution in [0.15, 0.2) is 28.6 Å². The summed E-state index contributed by atoms with van der Waals surface area (Å²) in [6, 6.07) is 0. The van der Waals surface area contributed by atoms with Gasteiger partial charge in [-0.15, -0.1) is 0 Å². The van der Waals surface area contributed by atoms with Crippen molar-refractivity contribution in [1.82, 2.24) is 0 Å². The summed E-state index contributed by atoms with van der Waals surface area (Å²) in [6.07, 6.45) is 9.06. The highest BCUT2D eigenvalue weighted by molar-refractivity contribution is 5.58. The lowest BCUT2D eigenvalue weighted by atomic mass is 10.2. The third-order valence-corrected chi connectivity index (χ3v) is 1.96. The standard InChI is InChI=1S/C11H17NO/c1-3-5-7-12-9-10-6-8-13-11(10)4-2/h4,7,9H,3,5-6,8H2,1-2H3/b10-9-,11-4+,12-7?. The van der Waals surface area contributed by atoms with Crippen LogP contribution in [0.5, 0.6) is 0 Å². The summed E-state index contributed by atoms with van der Waals surface area (Å²) in [5, 5.41) is 0. The number of allylic oxidation sites excluding steroid dienone is 2. The van der Waals surface area contributed by atoms with E-state index < -0.39 is 0 Å². The van der Waals surface area contributed by atoms with Gasteiger partial charge in [0.25, 0.3) is 0 Å². The number of nitrogens with zero attached hydrogens (tertiary/aromatic N) is 1. The van der Waals surface area contributed by atoms with Gasteiger partial charge in [0.1, 0.15) is 5.76 Å². The van der Waals surface area contributed by atoms with E-state index in [4.69, 9.17) is 4.74 Å². The minimum Gasteiger partial charge on any atom is -0.493 e. The van der Waals surface area contributed by atoms with Crippen LogP contribution in [0.1, 0.15) is 33.1 Å². The smallest absolute Gasteiger partial charge is 0.119 e. The van der Waals surface area contributed by atoms with E-state index in [0.717, 1.165) is 31.6 Å². The lowest BCUT2D eigenvalue weighted by Gasteiger charge is -1.95. The Morgan fingerprint density at radius 3 is 3.08 bits per heavy atom. The zero-order valence-corrected chi connectivity index (χ0v) is 8.42. The summed E-state index contributed by atoms with van der Waals surface area (Å²) < 4.78 is 5.39. The van der Waals surface area contributed by atoms with Crippen LogP contribution in [-0.4, -0.2) is 12.8 Å². The van der Waals surface area contributed by atoms with Crippen molar-refractivity contribution in [2.45, 2.75) is 33.1 Å². The SMILES string of the molecule is C/C=C1/OCC/C1=C/N=CCCC. The van der Waals surface area contributed by atoms with Crippen molar-refractivity contribution < 1.29 is 4.74 Å². The Kier molecular flexibility index (Phi) is 4.30. The van der Waals surface area contributed by atoms with Crippen molar-refractivity contribution >= 4 is 6.21 Å². The molecule has 1 rings (SSSR count). The van der Waals surface area contributed by atoms with Crippen LogP contribution in [0.2, 0.25) is 0 Å². The number of hydrogen-bond acceptors (Lipinski definition) is 2. The van der Waals surface area contributed by atoms with Crippen molar-refractivity contribution in [2.75, 3.05) is 6.61 Å². The zero-order chi connectivity index (χ0) is 9.52. The van der Waals surface area contributed by atoms with E-state index >= 15 is 0 Å². The summed E-state index contributed by atoms with van der Waals surface area (Å²) in [4.78, 5) is 4.23. The van der Waals surface area contributed by atoms with Crippen molar-refractivity contribution in [3.8, 4) is 0 Å². The van der Waals surface area contributed by atoms with E-state index in [2.05, 4.69) is 11.9 Å². The highest BCUT2D eigenvalue weighted by Crippen LogP contribution is 2.23. The summed E-state index contributed by atoms with van der Waals surface area (Å²) in [5.74, 6) is 0.994. The lowest BCUT2D eigenvalue weighted by Crippen LogP contribution is -1.79. The Bertz CT molecular complexity index is 238. The minimum atomic E-state index is 0.800. The predicted octanol–water partition coefficient (Wildman–Crippen LogP) is 3.07. The van der Waals surface area contributed by atoms with Gasteiger partial charge in [0.15, 0.2) is 0 Å². The van der Waals surface area contributed by atoms with Crippen LogP contribution in [0.25, 0.3) is 0 Å². The first-order valence-electron chi connectivity index (χ1n) is 4.88. The highest BCUT2D eigenvalue weighted by atomic mass is 16.5. The normalized spacial score (nSPS) is 23.2. The number of ether oxygens (including phenoxy) is 1. The van der Waals surface area contributed by atoms with Crippen LogP contribution >= 0.6 is 0 Å². The van der Waals surface area contributed by atoms with E-state index in [1.54, 1.807) is 0 Å². The minimum absolute atomic E-state index is 0.800. The molecule has 1 aliphatic rings. The first kappa shape index (κ1) is 10.0.